The molecule has 0 fully saturated rings. The summed E-state index contributed by atoms with van der Waals surface area (Å²) in [7, 11) is 1.66. The van der Waals surface area contributed by atoms with Crippen LogP contribution >= 0.6 is 11.6 Å². The van der Waals surface area contributed by atoms with Gasteiger partial charge in [-0.15, -0.1) is 0 Å². The van der Waals surface area contributed by atoms with E-state index in [1.807, 2.05) is 31.2 Å². The van der Waals surface area contributed by atoms with E-state index >= 15 is 0 Å². The van der Waals surface area contributed by atoms with Gasteiger partial charge >= 0.3 is 0 Å². The number of aromatic nitrogens is 2. The fourth-order valence-corrected chi connectivity index (χ4v) is 1.91. The zero-order valence-electron chi connectivity index (χ0n) is 9.77. The molecular formula is C13H13ClN2O. The lowest BCUT2D eigenvalue weighted by Gasteiger charge is -2.07. The monoisotopic (exact) mass is 248 g/mol. The fourth-order valence-electron chi connectivity index (χ4n) is 1.66. The van der Waals surface area contributed by atoms with Crippen molar-refractivity contribution in [1.29, 1.82) is 0 Å². The van der Waals surface area contributed by atoms with Crippen LogP contribution < -0.4 is 4.74 Å². The second kappa shape index (κ2) is 5.15. The fraction of sp³-hybridized carbons (Fsp3) is 0.231. The maximum atomic E-state index is 6.07. The van der Waals surface area contributed by atoms with E-state index in [-0.39, 0.29) is 0 Å². The maximum Gasteiger partial charge on any atom is 0.136 e. The number of benzene rings is 1. The first kappa shape index (κ1) is 11.9. The number of ether oxygens (including phenoxy) is 1. The van der Waals surface area contributed by atoms with Crippen LogP contribution in [0.15, 0.2) is 30.6 Å². The normalized spacial score (nSPS) is 10.3. The van der Waals surface area contributed by atoms with E-state index < -0.39 is 0 Å². The highest BCUT2D eigenvalue weighted by Crippen LogP contribution is 2.21. The molecule has 1 aromatic heterocycles. The predicted molar refractivity (Wildman–Crippen MR) is 67.6 cm³/mol. The largest absolute Gasteiger partial charge is 0.497 e. The Kier molecular flexibility index (Phi) is 3.59. The van der Waals surface area contributed by atoms with Crippen LogP contribution in [0.2, 0.25) is 5.15 Å². The van der Waals surface area contributed by atoms with Crippen molar-refractivity contribution in [2.24, 2.45) is 0 Å². The van der Waals surface area contributed by atoms with Gasteiger partial charge in [-0.05, 0) is 24.6 Å². The lowest BCUT2D eigenvalue weighted by Crippen LogP contribution is -1.98. The number of hydrogen-bond donors (Lipinski definition) is 0. The molecule has 0 saturated carbocycles. The maximum absolute atomic E-state index is 6.07. The summed E-state index contributed by atoms with van der Waals surface area (Å²) in [4.78, 5) is 8.15. The van der Waals surface area contributed by atoms with Crippen molar-refractivity contribution in [3.05, 3.63) is 52.6 Å². The molecule has 0 saturated heterocycles. The lowest BCUT2D eigenvalue weighted by atomic mass is 10.1. The van der Waals surface area contributed by atoms with E-state index in [0.29, 0.717) is 11.6 Å². The van der Waals surface area contributed by atoms with Crippen LogP contribution in [0.1, 0.15) is 16.8 Å². The van der Waals surface area contributed by atoms with Crippen LogP contribution in [-0.2, 0) is 6.42 Å². The van der Waals surface area contributed by atoms with Crippen LogP contribution in [0.3, 0.4) is 0 Å². The van der Waals surface area contributed by atoms with Crippen molar-refractivity contribution in [2.45, 2.75) is 13.3 Å². The smallest absolute Gasteiger partial charge is 0.136 e. The Morgan fingerprint density at radius 1 is 1.29 bits per heavy atom. The minimum absolute atomic E-state index is 0.514. The summed E-state index contributed by atoms with van der Waals surface area (Å²) in [6.07, 6.45) is 2.19. The standard InChI is InChI=1S/C13H13ClN2O/c1-9-12(13(14)16-8-15-9)7-10-4-3-5-11(6-10)17-2/h3-6,8H,7H2,1-2H3. The van der Waals surface area contributed by atoms with Crippen LogP contribution in [0.4, 0.5) is 0 Å². The molecule has 0 bridgehead atoms. The van der Waals surface area contributed by atoms with Gasteiger partial charge in [0, 0.05) is 17.7 Å². The third kappa shape index (κ3) is 2.74. The van der Waals surface area contributed by atoms with Gasteiger partial charge in [-0.1, -0.05) is 23.7 Å². The van der Waals surface area contributed by atoms with Crippen LogP contribution in [0, 0.1) is 6.92 Å². The zero-order chi connectivity index (χ0) is 12.3. The summed E-state index contributed by atoms with van der Waals surface area (Å²) in [5, 5.41) is 0.514. The first-order valence-electron chi connectivity index (χ1n) is 5.29. The third-order valence-corrected chi connectivity index (χ3v) is 2.95. The molecule has 88 valence electrons. The molecule has 0 aliphatic heterocycles. The van der Waals surface area contributed by atoms with Crippen molar-refractivity contribution in [2.75, 3.05) is 7.11 Å². The molecule has 0 radical (unpaired) electrons. The molecule has 0 aliphatic rings. The molecule has 2 rings (SSSR count). The van der Waals surface area contributed by atoms with Gasteiger partial charge in [0.15, 0.2) is 0 Å². The zero-order valence-corrected chi connectivity index (χ0v) is 10.5. The summed E-state index contributed by atoms with van der Waals surface area (Å²) in [6.45, 7) is 1.93. The molecule has 1 heterocycles. The molecular weight excluding hydrogens is 236 g/mol. The summed E-state index contributed by atoms with van der Waals surface area (Å²) < 4.78 is 5.19. The van der Waals surface area contributed by atoms with Gasteiger partial charge < -0.3 is 4.74 Å². The molecule has 0 spiro atoms. The number of halogens is 1. The van der Waals surface area contributed by atoms with E-state index in [4.69, 9.17) is 16.3 Å². The molecule has 2 aromatic rings. The van der Waals surface area contributed by atoms with E-state index in [9.17, 15) is 0 Å². The first-order valence-corrected chi connectivity index (χ1v) is 5.67. The molecule has 0 N–H and O–H groups in total. The average molecular weight is 249 g/mol. The highest BCUT2D eigenvalue weighted by atomic mass is 35.5. The third-order valence-electron chi connectivity index (χ3n) is 2.62. The van der Waals surface area contributed by atoms with Gasteiger partial charge in [0.25, 0.3) is 0 Å². The van der Waals surface area contributed by atoms with Crippen molar-refractivity contribution in [3.8, 4) is 5.75 Å². The first-order chi connectivity index (χ1) is 8.20. The van der Waals surface area contributed by atoms with E-state index in [2.05, 4.69) is 9.97 Å². The minimum atomic E-state index is 0.514. The van der Waals surface area contributed by atoms with Crippen LogP contribution in [0.25, 0.3) is 0 Å². The number of hydrogen-bond acceptors (Lipinski definition) is 3. The van der Waals surface area contributed by atoms with Gasteiger partial charge in [-0.3, -0.25) is 0 Å². The Morgan fingerprint density at radius 2 is 2.12 bits per heavy atom. The van der Waals surface area contributed by atoms with Crippen molar-refractivity contribution in [1.82, 2.24) is 9.97 Å². The Balaban J connectivity index is 2.31. The van der Waals surface area contributed by atoms with E-state index in [0.717, 1.165) is 22.6 Å². The number of rotatable bonds is 3. The molecule has 4 heteroatoms. The number of methoxy groups -OCH3 is 1. The Morgan fingerprint density at radius 3 is 2.82 bits per heavy atom. The molecule has 0 aliphatic carbocycles. The Hall–Kier alpha value is -1.61. The number of aryl methyl sites for hydroxylation is 1. The molecule has 1 aromatic carbocycles. The van der Waals surface area contributed by atoms with Crippen LogP contribution in [-0.4, -0.2) is 17.1 Å². The van der Waals surface area contributed by atoms with Gasteiger partial charge in [0.2, 0.25) is 0 Å². The van der Waals surface area contributed by atoms with Gasteiger partial charge in [-0.2, -0.15) is 0 Å². The molecule has 3 nitrogen and oxygen atoms in total. The summed E-state index contributed by atoms with van der Waals surface area (Å²) >= 11 is 6.07. The second-order valence-corrected chi connectivity index (χ2v) is 4.11. The van der Waals surface area contributed by atoms with Crippen molar-refractivity contribution in [3.63, 3.8) is 0 Å². The molecule has 0 amide bonds. The van der Waals surface area contributed by atoms with E-state index in [1.165, 1.54) is 6.33 Å². The highest BCUT2D eigenvalue weighted by Gasteiger charge is 2.07. The lowest BCUT2D eigenvalue weighted by molar-refractivity contribution is 0.414. The molecule has 0 atom stereocenters. The predicted octanol–water partition coefficient (Wildman–Crippen LogP) is 3.04. The topological polar surface area (TPSA) is 35.0 Å². The number of nitrogens with zero attached hydrogens (tertiary/aromatic N) is 2. The van der Waals surface area contributed by atoms with Crippen molar-refractivity contribution >= 4 is 11.6 Å². The molecule has 0 unspecified atom stereocenters. The van der Waals surface area contributed by atoms with Gasteiger partial charge in [0.1, 0.15) is 17.2 Å². The van der Waals surface area contributed by atoms with Crippen molar-refractivity contribution < 1.29 is 4.74 Å². The average Bonchev–Trinajstić information content (AvgIpc) is 2.34. The summed E-state index contributed by atoms with van der Waals surface area (Å²) in [5.74, 6) is 0.841. The van der Waals surface area contributed by atoms with Gasteiger partial charge in [-0.25, -0.2) is 9.97 Å². The summed E-state index contributed by atoms with van der Waals surface area (Å²) in [5.41, 5.74) is 3.00. The summed E-state index contributed by atoms with van der Waals surface area (Å²) in [6, 6.07) is 7.90. The highest BCUT2D eigenvalue weighted by molar-refractivity contribution is 6.30. The van der Waals surface area contributed by atoms with E-state index in [1.54, 1.807) is 7.11 Å². The molecule has 17 heavy (non-hydrogen) atoms. The second-order valence-electron chi connectivity index (χ2n) is 3.76. The SMILES string of the molecule is COc1cccc(Cc2c(C)ncnc2Cl)c1. The van der Waals surface area contributed by atoms with Crippen LogP contribution in [0.5, 0.6) is 5.75 Å². The minimum Gasteiger partial charge on any atom is -0.497 e. The quantitative estimate of drug-likeness (QED) is 0.783. The Labute approximate surface area is 105 Å². The Bertz CT molecular complexity index is 508. The van der Waals surface area contributed by atoms with Gasteiger partial charge in [0.05, 0.1) is 7.11 Å².